The smallest absolute Gasteiger partial charge is 0.320 e. The summed E-state index contributed by atoms with van der Waals surface area (Å²) in [4.78, 5) is 12.9. The highest BCUT2D eigenvalue weighted by molar-refractivity contribution is 5.73. The van der Waals surface area contributed by atoms with E-state index in [0.717, 1.165) is 32.4 Å². The summed E-state index contributed by atoms with van der Waals surface area (Å²) in [6.07, 6.45) is 2.65. The zero-order chi connectivity index (χ0) is 11.8. The number of hydrogen-bond acceptors (Lipinski definition) is 4. The molecule has 0 saturated carbocycles. The van der Waals surface area contributed by atoms with Gasteiger partial charge in [0.25, 0.3) is 0 Å². The maximum Gasteiger partial charge on any atom is 0.320 e. The molecular weight excluding hydrogens is 210 g/mol. The third-order valence-electron chi connectivity index (χ3n) is 2.81. The summed E-state index contributed by atoms with van der Waals surface area (Å²) in [6, 6.07) is -0.279. The molecular formula is C11H21NO4. The van der Waals surface area contributed by atoms with E-state index in [2.05, 4.69) is 0 Å². The molecule has 0 aromatic heterocycles. The molecule has 1 aliphatic heterocycles. The molecule has 0 bridgehead atoms. The summed E-state index contributed by atoms with van der Waals surface area (Å²) < 4.78 is 10.2. The zero-order valence-electron chi connectivity index (χ0n) is 9.85. The van der Waals surface area contributed by atoms with Gasteiger partial charge >= 0.3 is 5.97 Å². The summed E-state index contributed by atoms with van der Waals surface area (Å²) in [5.74, 6) is -0.696. The Morgan fingerprint density at radius 2 is 2.25 bits per heavy atom. The number of carboxylic acids is 1. The number of likely N-dealkylation sites (tertiary alicyclic amines) is 1. The number of hydrogen-bond donors (Lipinski definition) is 1. The molecule has 1 saturated heterocycles. The zero-order valence-corrected chi connectivity index (χ0v) is 9.85. The summed E-state index contributed by atoms with van der Waals surface area (Å²) in [6.45, 7) is 3.60. The van der Waals surface area contributed by atoms with Crippen LogP contribution in [0, 0.1) is 0 Å². The summed E-state index contributed by atoms with van der Waals surface area (Å²) in [7, 11) is 1.64. The number of rotatable bonds is 8. The molecule has 0 amide bonds. The fourth-order valence-corrected chi connectivity index (χ4v) is 1.99. The molecule has 1 unspecified atom stereocenters. The minimum absolute atomic E-state index is 0.279. The van der Waals surface area contributed by atoms with Crippen molar-refractivity contribution in [1.82, 2.24) is 4.90 Å². The lowest BCUT2D eigenvalue weighted by atomic mass is 10.2. The molecule has 1 aliphatic rings. The van der Waals surface area contributed by atoms with Crippen LogP contribution in [0.1, 0.15) is 19.3 Å². The maximum absolute atomic E-state index is 10.9. The Labute approximate surface area is 96.3 Å². The Morgan fingerprint density at radius 3 is 2.94 bits per heavy atom. The Kier molecular flexibility index (Phi) is 6.37. The fraction of sp³-hybridized carbons (Fsp3) is 0.909. The van der Waals surface area contributed by atoms with Gasteiger partial charge in [0.05, 0.1) is 13.2 Å². The molecule has 1 rings (SSSR count). The summed E-state index contributed by atoms with van der Waals surface area (Å²) in [5.41, 5.74) is 0. The Morgan fingerprint density at radius 1 is 1.44 bits per heavy atom. The monoisotopic (exact) mass is 231 g/mol. The maximum atomic E-state index is 10.9. The lowest BCUT2D eigenvalue weighted by molar-refractivity contribution is -0.142. The van der Waals surface area contributed by atoms with E-state index in [0.29, 0.717) is 19.8 Å². The molecule has 0 radical (unpaired) electrons. The average Bonchev–Trinajstić information content (AvgIpc) is 2.71. The largest absolute Gasteiger partial charge is 0.480 e. The lowest BCUT2D eigenvalue weighted by Gasteiger charge is -2.20. The Balaban J connectivity index is 2.05. The number of nitrogens with zero attached hydrogens (tertiary/aromatic N) is 1. The quantitative estimate of drug-likeness (QED) is 0.619. The van der Waals surface area contributed by atoms with Gasteiger partial charge in [-0.1, -0.05) is 0 Å². The van der Waals surface area contributed by atoms with Crippen LogP contribution in [0.3, 0.4) is 0 Å². The molecule has 1 N–H and O–H groups in total. The highest BCUT2D eigenvalue weighted by atomic mass is 16.5. The third kappa shape index (κ3) is 4.47. The van der Waals surface area contributed by atoms with Crippen LogP contribution in [0.2, 0.25) is 0 Å². The van der Waals surface area contributed by atoms with E-state index in [4.69, 9.17) is 14.6 Å². The van der Waals surface area contributed by atoms with Gasteiger partial charge in [-0.05, 0) is 25.8 Å². The van der Waals surface area contributed by atoms with Crippen molar-refractivity contribution >= 4 is 5.97 Å². The molecule has 1 fully saturated rings. The SMILES string of the molecule is COCCOCCCN1CCCC1C(=O)O. The third-order valence-corrected chi connectivity index (χ3v) is 2.81. The number of aliphatic carboxylic acids is 1. The van der Waals surface area contributed by atoms with Gasteiger partial charge in [0, 0.05) is 20.3 Å². The lowest BCUT2D eigenvalue weighted by Crippen LogP contribution is -2.36. The van der Waals surface area contributed by atoms with E-state index in [1.54, 1.807) is 7.11 Å². The standard InChI is InChI=1S/C11H21NO4/c1-15-8-9-16-7-3-6-12-5-2-4-10(12)11(13)14/h10H,2-9H2,1H3,(H,13,14). The molecule has 1 atom stereocenters. The van der Waals surface area contributed by atoms with Gasteiger partial charge < -0.3 is 14.6 Å². The van der Waals surface area contributed by atoms with Gasteiger partial charge in [0.2, 0.25) is 0 Å². The topological polar surface area (TPSA) is 59.0 Å². The molecule has 5 heteroatoms. The molecule has 5 nitrogen and oxygen atoms in total. The van der Waals surface area contributed by atoms with Crippen LogP contribution in [0.4, 0.5) is 0 Å². The second-order valence-electron chi connectivity index (χ2n) is 3.99. The van der Waals surface area contributed by atoms with Crippen LogP contribution >= 0.6 is 0 Å². The summed E-state index contributed by atoms with van der Waals surface area (Å²) >= 11 is 0. The number of methoxy groups -OCH3 is 1. The van der Waals surface area contributed by atoms with Crippen molar-refractivity contribution in [3.63, 3.8) is 0 Å². The first kappa shape index (κ1) is 13.4. The van der Waals surface area contributed by atoms with Gasteiger partial charge in [-0.3, -0.25) is 9.69 Å². The van der Waals surface area contributed by atoms with Gasteiger partial charge in [-0.15, -0.1) is 0 Å². The molecule has 94 valence electrons. The van der Waals surface area contributed by atoms with Crippen LogP contribution in [0.15, 0.2) is 0 Å². The van der Waals surface area contributed by atoms with Crippen LogP contribution < -0.4 is 0 Å². The summed E-state index contributed by atoms with van der Waals surface area (Å²) in [5, 5.41) is 8.97. The number of carbonyl (C=O) groups is 1. The molecule has 0 aromatic rings. The van der Waals surface area contributed by atoms with Gasteiger partial charge in [0.15, 0.2) is 0 Å². The van der Waals surface area contributed by atoms with Gasteiger partial charge in [-0.2, -0.15) is 0 Å². The van der Waals surface area contributed by atoms with E-state index >= 15 is 0 Å². The van der Waals surface area contributed by atoms with Gasteiger partial charge in [0.1, 0.15) is 6.04 Å². The first-order chi connectivity index (χ1) is 7.75. The van der Waals surface area contributed by atoms with Crippen molar-refractivity contribution in [2.45, 2.75) is 25.3 Å². The highest BCUT2D eigenvalue weighted by Gasteiger charge is 2.29. The van der Waals surface area contributed by atoms with E-state index in [9.17, 15) is 4.79 Å². The predicted molar refractivity (Wildman–Crippen MR) is 59.5 cm³/mol. The van der Waals surface area contributed by atoms with E-state index in [-0.39, 0.29) is 6.04 Å². The van der Waals surface area contributed by atoms with E-state index in [1.165, 1.54) is 0 Å². The van der Waals surface area contributed by atoms with Crippen molar-refractivity contribution in [3.05, 3.63) is 0 Å². The van der Waals surface area contributed by atoms with E-state index < -0.39 is 5.97 Å². The first-order valence-electron chi connectivity index (χ1n) is 5.79. The Hall–Kier alpha value is -0.650. The van der Waals surface area contributed by atoms with Crippen molar-refractivity contribution in [2.75, 3.05) is 40.0 Å². The molecule has 0 aliphatic carbocycles. The van der Waals surface area contributed by atoms with Crippen LogP contribution in [0.5, 0.6) is 0 Å². The predicted octanol–water partition coefficient (Wildman–Crippen LogP) is 0.589. The minimum atomic E-state index is -0.696. The Bertz CT molecular complexity index is 210. The first-order valence-corrected chi connectivity index (χ1v) is 5.79. The second-order valence-corrected chi connectivity index (χ2v) is 3.99. The normalized spacial score (nSPS) is 21.4. The van der Waals surface area contributed by atoms with Crippen molar-refractivity contribution in [1.29, 1.82) is 0 Å². The molecule has 0 aromatic carbocycles. The van der Waals surface area contributed by atoms with E-state index in [1.807, 2.05) is 4.90 Å². The molecule has 16 heavy (non-hydrogen) atoms. The molecule has 1 heterocycles. The minimum Gasteiger partial charge on any atom is -0.480 e. The molecule has 0 spiro atoms. The van der Waals surface area contributed by atoms with Gasteiger partial charge in [-0.25, -0.2) is 0 Å². The van der Waals surface area contributed by atoms with Crippen LogP contribution in [-0.2, 0) is 14.3 Å². The van der Waals surface area contributed by atoms with Crippen LogP contribution in [-0.4, -0.2) is 62.0 Å². The fourth-order valence-electron chi connectivity index (χ4n) is 1.99. The van der Waals surface area contributed by atoms with Crippen molar-refractivity contribution < 1.29 is 19.4 Å². The van der Waals surface area contributed by atoms with Crippen molar-refractivity contribution in [2.24, 2.45) is 0 Å². The average molecular weight is 231 g/mol. The number of ether oxygens (including phenoxy) is 2. The number of carboxylic acid groups (broad SMARTS) is 1. The van der Waals surface area contributed by atoms with Crippen LogP contribution in [0.25, 0.3) is 0 Å². The highest BCUT2D eigenvalue weighted by Crippen LogP contribution is 2.17. The van der Waals surface area contributed by atoms with Crippen molar-refractivity contribution in [3.8, 4) is 0 Å². The second kappa shape index (κ2) is 7.60.